The number of rotatable bonds is 6. The molecule has 0 aromatic heterocycles. The summed E-state index contributed by atoms with van der Waals surface area (Å²) in [5.41, 5.74) is 7.03. The van der Waals surface area contributed by atoms with Gasteiger partial charge in [0.2, 0.25) is 5.91 Å². The summed E-state index contributed by atoms with van der Waals surface area (Å²) in [4.78, 5) is 11.8. The van der Waals surface area contributed by atoms with Crippen LogP contribution >= 0.6 is 0 Å². The van der Waals surface area contributed by atoms with E-state index in [0.29, 0.717) is 12.8 Å². The standard InChI is InChI=1S/C15H20N2O/c1-3-13(4-2)17-15(18)14(16)11-10-12-8-6-5-7-9-12/h1,5-9,13-14H,4,10-11,16H2,2H3,(H,17,18). The maximum absolute atomic E-state index is 11.8. The van der Waals surface area contributed by atoms with Crippen molar-refractivity contribution in [2.24, 2.45) is 5.73 Å². The van der Waals surface area contributed by atoms with Crippen molar-refractivity contribution >= 4 is 5.91 Å². The predicted molar refractivity (Wildman–Crippen MR) is 73.8 cm³/mol. The Balaban J connectivity index is 2.39. The topological polar surface area (TPSA) is 55.1 Å². The molecule has 1 amide bonds. The summed E-state index contributed by atoms with van der Waals surface area (Å²) in [6.45, 7) is 1.93. The van der Waals surface area contributed by atoms with Gasteiger partial charge in [-0.1, -0.05) is 43.2 Å². The van der Waals surface area contributed by atoms with Crippen LogP contribution in [-0.4, -0.2) is 18.0 Å². The van der Waals surface area contributed by atoms with Gasteiger partial charge >= 0.3 is 0 Å². The van der Waals surface area contributed by atoms with Crippen LogP contribution in [0.2, 0.25) is 0 Å². The Morgan fingerprint density at radius 1 is 1.44 bits per heavy atom. The Hall–Kier alpha value is -1.79. The second kappa shape index (κ2) is 7.52. The molecule has 2 unspecified atom stereocenters. The molecule has 1 aromatic carbocycles. The van der Waals surface area contributed by atoms with E-state index in [9.17, 15) is 4.79 Å². The Bertz CT molecular complexity index is 408. The Kier molecular flexibility index (Phi) is 5.96. The van der Waals surface area contributed by atoms with Gasteiger partial charge < -0.3 is 11.1 Å². The first kappa shape index (κ1) is 14.3. The molecule has 18 heavy (non-hydrogen) atoms. The van der Waals surface area contributed by atoms with E-state index >= 15 is 0 Å². The van der Waals surface area contributed by atoms with Crippen LogP contribution in [0.3, 0.4) is 0 Å². The predicted octanol–water partition coefficient (Wildman–Crippen LogP) is 1.47. The van der Waals surface area contributed by atoms with Gasteiger partial charge in [0.25, 0.3) is 0 Å². The number of nitrogens with one attached hydrogen (secondary N) is 1. The first-order chi connectivity index (χ1) is 8.67. The molecule has 0 saturated carbocycles. The fourth-order valence-corrected chi connectivity index (χ4v) is 1.64. The second-order valence-electron chi connectivity index (χ2n) is 4.27. The smallest absolute Gasteiger partial charge is 0.237 e. The second-order valence-corrected chi connectivity index (χ2v) is 4.27. The van der Waals surface area contributed by atoms with Crippen molar-refractivity contribution in [3.8, 4) is 12.3 Å². The van der Waals surface area contributed by atoms with Crippen LogP contribution in [0.15, 0.2) is 30.3 Å². The Morgan fingerprint density at radius 3 is 2.67 bits per heavy atom. The van der Waals surface area contributed by atoms with Gasteiger partial charge in [0, 0.05) is 0 Å². The number of carbonyl (C=O) groups excluding carboxylic acids is 1. The van der Waals surface area contributed by atoms with E-state index in [1.165, 1.54) is 5.56 Å². The number of benzene rings is 1. The van der Waals surface area contributed by atoms with Crippen LogP contribution in [-0.2, 0) is 11.2 Å². The monoisotopic (exact) mass is 244 g/mol. The molecule has 1 rings (SSSR count). The van der Waals surface area contributed by atoms with Crippen molar-refractivity contribution in [1.29, 1.82) is 0 Å². The number of amides is 1. The lowest BCUT2D eigenvalue weighted by molar-refractivity contribution is -0.122. The molecule has 0 aliphatic heterocycles. The van der Waals surface area contributed by atoms with Crippen molar-refractivity contribution in [3.63, 3.8) is 0 Å². The summed E-state index contributed by atoms with van der Waals surface area (Å²) >= 11 is 0. The third-order valence-electron chi connectivity index (χ3n) is 2.85. The Labute approximate surface area is 109 Å². The Morgan fingerprint density at radius 2 is 2.11 bits per heavy atom. The molecule has 1 aromatic rings. The van der Waals surface area contributed by atoms with Crippen LogP contribution in [0, 0.1) is 12.3 Å². The highest BCUT2D eigenvalue weighted by atomic mass is 16.2. The average molecular weight is 244 g/mol. The maximum Gasteiger partial charge on any atom is 0.237 e. The van der Waals surface area contributed by atoms with Gasteiger partial charge in [-0.2, -0.15) is 0 Å². The minimum Gasteiger partial charge on any atom is -0.341 e. The molecule has 0 bridgehead atoms. The van der Waals surface area contributed by atoms with E-state index in [-0.39, 0.29) is 11.9 Å². The number of nitrogens with two attached hydrogens (primary N) is 1. The summed E-state index contributed by atoms with van der Waals surface area (Å²) < 4.78 is 0. The van der Waals surface area contributed by atoms with Gasteiger partial charge in [0.1, 0.15) is 0 Å². The van der Waals surface area contributed by atoms with Gasteiger partial charge in [-0.3, -0.25) is 4.79 Å². The lowest BCUT2D eigenvalue weighted by Crippen LogP contribution is -2.44. The van der Waals surface area contributed by atoms with Crippen LogP contribution in [0.4, 0.5) is 0 Å². The molecule has 0 saturated heterocycles. The quantitative estimate of drug-likeness (QED) is 0.745. The SMILES string of the molecule is C#CC(CC)NC(=O)C(N)CCc1ccccc1. The summed E-state index contributed by atoms with van der Waals surface area (Å²) in [7, 11) is 0. The van der Waals surface area contributed by atoms with Crippen LogP contribution in [0.5, 0.6) is 0 Å². The zero-order valence-electron chi connectivity index (χ0n) is 10.7. The number of hydrogen-bond acceptors (Lipinski definition) is 2. The average Bonchev–Trinajstić information content (AvgIpc) is 2.42. The summed E-state index contributed by atoms with van der Waals surface area (Å²) in [6, 6.07) is 9.25. The molecule has 3 nitrogen and oxygen atoms in total. The third kappa shape index (κ3) is 4.60. The molecule has 0 fully saturated rings. The highest BCUT2D eigenvalue weighted by Gasteiger charge is 2.15. The van der Waals surface area contributed by atoms with Gasteiger partial charge in [0.05, 0.1) is 12.1 Å². The van der Waals surface area contributed by atoms with Crippen molar-refractivity contribution in [1.82, 2.24) is 5.32 Å². The molecule has 2 atom stereocenters. The molecule has 0 spiro atoms. The van der Waals surface area contributed by atoms with Crippen molar-refractivity contribution < 1.29 is 4.79 Å². The zero-order chi connectivity index (χ0) is 13.4. The minimum absolute atomic E-state index is 0.171. The van der Waals surface area contributed by atoms with E-state index in [4.69, 9.17) is 12.2 Å². The van der Waals surface area contributed by atoms with Gasteiger partial charge in [-0.05, 0) is 24.8 Å². The molecule has 0 aliphatic rings. The molecule has 3 heteroatoms. The van der Waals surface area contributed by atoms with E-state index in [0.717, 1.165) is 6.42 Å². The minimum atomic E-state index is -0.507. The lowest BCUT2D eigenvalue weighted by atomic mass is 10.0. The highest BCUT2D eigenvalue weighted by molar-refractivity contribution is 5.82. The molecule has 3 N–H and O–H groups in total. The number of hydrogen-bond donors (Lipinski definition) is 2. The molecule has 0 heterocycles. The largest absolute Gasteiger partial charge is 0.341 e. The molecule has 0 radical (unpaired) electrons. The first-order valence-corrected chi connectivity index (χ1v) is 6.23. The van der Waals surface area contributed by atoms with Crippen LogP contribution in [0.1, 0.15) is 25.3 Å². The van der Waals surface area contributed by atoms with Crippen LogP contribution in [0.25, 0.3) is 0 Å². The van der Waals surface area contributed by atoms with Crippen molar-refractivity contribution in [2.75, 3.05) is 0 Å². The molecule has 96 valence electrons. The molecule has 0 aliphatic carbocycles. The van der Waals surface area contributed by atoms with Crippen molar-refractivity contribution in [2.45, 2.75) is 38.3 Å². The fraction of sp³-hybridized carbons (Fsp3) is 0.400. The van der Waals surface area contributed by atoms with Gasteiger partial charge in [-0.15, -0.1) is 6.42 Å². The third-order valence-corrected chi connectivity index (χ3v) is 2.85. The molecular weight excluding hydrogens is 224 g/mol. The van der Waals surface area contributed by atoms with E-state index in [1.54, 1.807) is 0 Å². The lowest BCUT2D eigenvalue weighted by Gasteiger charge is -2.15. The first-order valence-electron chi connectivity index (χ1n) is 6.23. The van der Waals surface area contributed by atoms with E-state index in [1.807, 2.05) is 37.3 Å². The number of terminal acetylenes is 1. The van der Waals surface area contributed by atoms with Crippen molar-refractivity contribution in [3.05, 3.63) is 35.9 Å². The molecular formula is C15H20N2O. The summed E-state index contributed by atoms with van der Waals surface area (Å²) in [6.07, 6.45) is 7.42. The summed E-state index contributed by atoms with van der Waals surface area (Å²) in [5.74, 6) is 2.35. The highest BCUT2D eigenvalue weighted by Crippen LogP contribution is 2.04. The number of aryl methyl sites for hydroxylation is 1. The van der Waals surface area contributed by atoms with E-state index in [2.05, 4.69) is 11.2 Å². The van der Waals surface area contributed by atoms with Gasteiger partial charge in [0.15, 0.2) is 0 Å². The van der Waals surface area contributed by atoms with E-state index < -0.39 is 6.04 Å². The normalized spacial score (nSPS) is 13.4. The van der Waals surface area contributed by atoms with Crippen LogP contribution < -0.4 is 11.1 Å². The van der Waals surface area contributed by atoms with Gasteiger partial charge in [-0.25, -0.2) is 0 Å². The fourth-order valence-electron chi connectivity index (χ4n) is 1.64. The summed E-state index contributed by atoms with van der Waals surface area (Å²) in [5, 5.41) is 2.75. The maximum atomic E-state index is 11.8. The zero-order valence-corrected chi connectivity index (χ0v) is 10.7. The number of carbonyl (C=O) groups is 1.